The molecule has 4 nitrogen and oxygen atoms in total. The summed E-state index contributed by atoms with van der Waals surface area (Å²) in [5.74, 6) is 2.41. The summed E-state index contributed by atoms with van der Waals surface area (Å²) in [6, 6.07) is 12.4. The lowest BCUT2D eigenvalue weighted by atomic mass is 9.68. The predicted molar refractivity (Wildman–Crippen MR) is 79.9 cm³/mol. The maximum atomic E-state index is 4.92. The lowest BCUT2D eigenvalue weighted by molar-refractivity contribution is 0.104. The van der Waals surface area contributed by atoms with Crippen LogP contribution in [0.1, 0.15) is 24.2 Å². The van der Waals surface area contributed by atoms with Gasteiger partial charge in [-0.05, 0) is 60.8 Å². The molecule has 2 aromatic heterocycles. The molecule has 4 heterocycles. The van der Waals surface area contributed by atoms with E-state index in [0.29, 0.717) is 23.7 Å². The van der Waals surface area contributed by atoms with Crippen LogP contribution >= 0.6 is 0 Å². The van der Waals surface area contributed by atoms with Crippen molar-refractivity contribution in [1.82, 2.24) is 9.97 Å². The summed E-state index contributed by atoms with van der Waals surface area (Å²) >= 11 is 0. The highest BCUT2D eigenvalue weighted by atomic mass is 15.3. The van der Waals surface area contributed by atoms with Crippen molar-refractivity contribution in [2.75, 3.05) is 0 Å². The second kappa shape index (κ2) is 3.45. The Morgan fingerprint density at radius 1 is 0.682 bits per heavy atom. The third-order valence-electron chi connectivity index (χ3n) is 6.37. The molecule has 0 N–H and O–H groups in total. The minimum Gasteiger partial charge on any atom is -0.259 e. The minimum absolute atomic E-state index is 0.132. The Hall–Kier alpha value is -2.10. The summed E-state index contributed by atoms with van der Waals surface area (Å²) in [6.07, 6.45) is 6.22. The molecule has 108 valence electrons. The standard InChI is InChI=1S/C18H16N4/c1-3-7-19-15(5-1)17-11-9-13(11)18(22-21-17,14-10-12(14)17)16-6-2-4-8-20-16/h1-8,11-14H,9-10H2/t11-,12+,13+,14-,17?,18?. The van der Waals surface area contributed by atoms with E-state index >= 15 is 0 Å². The van der Waals surface area contributed by atoms with Crippen molar-refractivity contribution in [3.8, 4) is 0 Å². The molecule has 2 bridgehead atoms. The molecule has 22 heavy (non-hydrogen) atoms. The summed E-state index contributed by atoms with van der Waals surface area (Å²) in [6.45, 7) is 0. The molecule has 0 spiro atoms. The first-order valence-electron chi connectivity index (χ1n) is 8.14. The Morgan fingerprint density at radius 2 is 1.14 bits per heavy atom. The van der Waals surface area contributed by atoms with Gasteiger partial charge in [-0.25, -0.2) is 0 Å². The normalized spacial score (nSPS) is 46.0. The van der Waals surface area contributed by atoms with Crippen LogP contribution in [0.5, 0.6) is 0 Å². The molecule has 0 saturated heterocycles. The summed E-state index contributed by atoms with van der Waals surface area (Å²) in [5, 5.41) is 9.83. The van der Waals surface area contributed by atoms with Crippen LogP contribution in [0.2, 0.25) is 0 Å². The zero-order valence-corrected chi connectivity index (χ0v) is 12.1. The SMILES string of the molecule is c1ccc(C23N=NC(c4ccccn4)([C@@H]4C[C@@H]42)[C@H]2C[C@H]23)nc1. The van der Waals surface area contributed by atoms with Crippen molar-refractivity contribution in [2.45, 2.75) is 23.9 Å². The number of pyridine rings is 2. The quantitative estimate of drug-likeness (QED) is 0.851. The third kappa shape index (κ3) is 1.08. The fourth-order valence-corrected chi connectivity index (χ4v) is 5.41. The molecule has 4 heteroatoms. The Morgan fingerprint density at radius 3 is 1.50 bits per heavy atom. The van der Waals surface area contributed by atoms with Gasteiger partial charge >= 0.3 is 0 Å². The van der Waals surface area contributed by atoms with Crippen LogP contribution in [-0.4, -0.2) is 9.97 Å². The summed E-state index contributed by atoms with van der Waals surface area (Å²) in [4.78, 5) is 9.30. The van der Waals surface area contributed by atoms with Crippen LogP contribution in [0.25, 0.3) is 0 Å². The molecule has 0 aromatic carbocycles. The van der Waals surface area contributed by atoms with Crippen molar-refractivity contribution >= 4 is 0 Å². The highest BCUT2D eigenvalue weighted by Crippen LogP contribution is 2.81. The van der Waals surface area contributed by atoms with Gasteiger partial charge in [-0.15, -0.1) is 0 Å². The van der Waals surface area contributed by atoms with Crippen molar-refractivity contribution < 1.29 is 0 Å². The van der Waals surface area contributed by atoms with Gasteiger partial charge in [-0.3, -0.25) is 9.97 Å². The molecular formula is C18H16N4. The molecular weight excluding hydrogens is 272 g/mol. The van der Waals surface area contributed by atoms with Gasteiger partial charge in [0.1, 0.15) is 11.1 Å². The largest absolute Gasteiger partial charge is 0.259 e. The van der Waals surface area contributed by atoms with E-state index in [9.17, 15) is 0 Å². The number of azo groups is 1. The van der Waals surface area contributed by atoms with E-state index in [1.54, 1.807) is 0 Å². The molecule has 0 radical (unpaired) electrons. The van der Waals surface area contributed by atoms with Gasteiger partial charge in [0.05, 0.1) is 11.4 Å². The second-order valence-corrected chi connectivity index (χ2v) is 7.18. The first-order chi connectivity index (χ1) is 10.9. The average Bonchev–Trinajstić information content (AvgIpc) is 3.48. The Balaban J connectivity index is 1.57. The van der Waals surface area contributed by atoms with E-state index in [4.69, 9.17) is 10.2 Å². The van der Waals surface area contributed by atoms with Gasteiger partial charge in [0.25, 0.3) is 0 Å². The van der Waals surface area contributed by atoms with Gasteiger partial charge in [0.2, 0.25) is 0 Å². The van der Waals surface area contributed by atoms with Gasteiger partial charge in [0, 0.05) is 12.4 Å². The lowest BCUT2D eigenvalue weighted by Gasteiger charge is -2.44. The van der Waals surface area contributed by atoms with Crippen molar-refractivity contribution in [3.63, 3.8) is 0 Å². The maximum absolute atomic E-state index is 4.92. The zero-order chi connectivity index (χ0) is 14.4. The molecule has 5 aliphatic rings. The molecule has 2 aliphatic heterocycles. The number of hydrogen-bond donors (Lipinski definition) is 0. The van der Waals surface area contributed by atoms with Crippen molar-refractivity contribution in [3.05, 3.63) is 60.2 Å². The molecule has 3 aliphatic carbocycles. The van der Waals surface area contributed by atoms with Crippen LogP contribution in [0.15, 0.2) is 59.0 Å². The van der Waals surface area contributed by atoms with Crippen LogP contribution in [0.4, 0.5) is 0 Å². The van der Waals surface area contributed by atoms with Crippen LogP contribution < -0.4 is 0 Å². The van der Waals surface area contributed by atoms with E-state index in [1.807, 2.05) is 24.5 Å². The third-order valence-corrected chi connectivity index (χ3v) is 6.37. The van der Waals surface area contributed by atoms with Gasteiger partial charge in [0.15, 0.2) is 0 Å². The predicted octanol–water partition coefficient (Wildman–Crippen LogP) is 3.32. The highest BCUT2D eigenvalue weighted by Gasteiger charge is 2.82. The van der Waals surface area contributed by atoms with Crippen LogP contribution in [0, 0.1) is 23.7 Å². The first-order valence-corrected chi connectivity index (χ1v) is 8.14. The van der Waals surface area contributed by atoms with Crippen LogP contribution in [-0.2, 0) is 11.1 Å². The summed E-state index contributed by atoms with van der Waals surface area (Å²) in [5.41, 5.74) is 2.00. The summed E-state index contributed by atoms with van der Waals surface area (Å²) in [7, 11) is 0. The molecule has 2 aromatic rings. The van der Waals surface area contributed by atoms with Crippen molar-refractivity contribution in [2.24, 2.45) is 33.9 Å². The van der Waals surface area contributed by atoms with Gasteiger partial charge in [-0.1, -0.05) is 12.1 Å². The smallest absolute Gasteiger partial charge is 0.130 e. The number of hydrogen-bond acceptors (Lipinski definition) is 4. The first kappa shape index (κ1) is 11.5. The van der Waals surface area contributed by atoms with Crippen molar-refractivity contribution in [1.29, 1.82) is 0 Å². The fourth-order valence-electron chi connectivity index (χ4n) is 5.41. The zero-order valence-electron chi connectivity index (χ0n) is 12.1. The van der Waals surface area contributed by atoms with E-state index in [0.717, 1.165) is 11.4 Å². The highest BCUT2D eigenvalue weighted by molar-refractivity contribution is 5.41. The van der Waals surface area contributed by atoms with E-state index in [2.05, 4.69) is 34.2 Å². The van der Waals surface area contributed by atoms with E-state index < -0.39 is 0 Å². The number of rotatable bonds is 2. The average molecular weight is 288 g/mol. The Kier molecular flexibility index (Phi) is 1.80. The Labute approximate surface area is 128 Å². The maximum Gasteiger partial charge on any atom is 0.130 e. The molecule has 3 saturated carbocycles. The molecule has 6 atom stereocenters. The number of aromatic nitrogens is 2. The van der Waals surface area contributed by atoms with E-state index in [1.165, 1.54) is 12.8 Å². The molecule has 0 amide bonds. The fraction of sp³-hybridized carbons (Fsp3) is 0.444. The minimum atomic E-state index is -0.132. The van der Waals surface area contributed by atoms with Gasteiger partial charge in [-0.2, -0.15) is 10.2 Å². The molecule has 7 rings (SSSR count). The summed E-state index contributed by atoms with van der Waals surface area (Å²) < 4.78 is 0. The Bertz CT molecular complexity index is 702. The van der Waals surface area contributed by atoms with Gasteiger partial charge < -0.3 is 0 Å². The number of nitrogens with zero attached hydrogens (tertiary/aromatic N) is 4. The second-order valence-electron chi connectivity index (χ2n) is 7.18. The van der Waals surface area contributed by atoms with E-state index in [-0.39, 0.29) is 11.1 Å². The topological polar surface area (TPSA) is 50.5 Å². The monoisotopic (exact) mass is 288 g/mol. The molecule has 3 fully saturated rings. The molecule has 2 unspecified atom stereocenters. The lowest BCUT2D eigenvalue weighted by Crippen LogP contribution is -2.47. The van der Waals surface area contributed by atoms with Crippen LogP contribution in [0.3, 0.4) is 0 Å².